The molecular formula is C53H87N12O17+. The predicted octanol–water partition coefficient (Wildman–Crippen LogP) is -3.25. The van der Waals surface area contributed by atoms with Gasteiger partial charge in [-0.3, -0.25) is 69.2 Å². The summed E-state index contributed by atoms with van der Waals surface area (Å²) in [4.78, 5) is 162. The fourth-order valence-corrected chi connectivity index (χ4v) is 8.17. The van der Waals surface area contributed by atoms with Crippen molar-refractivity contribution in [2.75, 3.05) is 6.54 Å². The highest BCUT2D eigenvalue weighted by atomic mass is 16.4. The zero-order valence-corrected chi connectivity index (χ0v) is 47.9. The molecular weight excluding hydrogens is 1080 g/mol. The molecule has 0 heterocycles. The molecule has 460 valence electrons. The number of amides is 8. The number of nitrogens with one attached hydrogen (secondary N) is 9. The van der Waals surface area contributed by atoms with Crippen LogP contribution >= 0.6 is 0 Å². The first-order chi connectivity index (χ1) is 38.3. The molecule has 0 saturated carbocycles. The van der Waals surface area contributed by atoms with Crippen molar-refractivity contribution in [3.8, 4) is 5.75 Å². The maximum absolute atomic E-state index is 14.3. The smallest absolute Gasteiger partial charge is 0.338 e. The van der Waals surface area contributed by atoms with E-state index in [1.807, 2.05) is 13.8 Å². The van der Waals surface area contributed by atoms with E-state index < -0.39 is 176 Å². The van der Waals surface area contributed by atoms with Crippen molar-refractivity contribution in [2.24, 2.45) is 40.9 Å². The van der Waals surface area contributed by atoms with Gasteiger partial charge >= 0.3 is 29.8 Å². The average molecular weight is 1160 g/mol. The number of carboxylic acid groups (broad SMARTS) is 4. The Kier molecular flexibility index (Phi) is 31.8. The molecule has 0 radical (unpaired) electrons. The molecule has 0 saturated heterocycles. The second-order valence-electron chi connectivity index (χ2n) is 21.4. The number of hydrogen-bond donors (Lipinski definition) is 17. The van der Waals surface area contributed by atoms with E-state index in [0.29, 0.717) is 5.56 Å². The molecule has 1 rings (SSSR count). The van der Waals surface area contributed by atoms with Crippen molar-refractivity contribution in [3.05, 3.63) is 29.8 Å². The van der Waals surface area contributed by atoms with Crippen LogP contribution in [0, 0.1) is 23.7 Å². The first-order valence-electron chi connectivity index (χ1n) is 27.2. The third-order valence-corrected chi connectivity index (χ3v) is 12.9. The van der Waals surface area contributed by atoms with Crippen LogP contribution in [0.5, 0.6) is 5.75 Å². The number of aliphatic carboxylic acids is 4. The summed E-state index contributed by atoms with van der Waals surface area (Å²) in [5.41, 5.74) is 17.6. The molecule has 29 nitrogen and oxygen atoms in total. The molecule has 0 aliphatic heterocycles. The number of carboxylic acids is 4. The summed E-state index contributed by atoms with van der Waals surface area (Å²) in [5, 5.41) is 68.2. The maximum Gasteiger partial charge on any atom is 0.338 e. The summed E-state index contributed by atoms with van der Waals surface area (Å²) in [7, 11) is 0. The summed E-state index contributed by atoms with van der Waals surface area (Å²) in [5.74, 6) is -15.2. The van der Waals surface area contributed by atoms with Gasteiger partial charge in [0.15, 0.2) is 0 Å². The van der Waals surface area contributed by atoms with E-state index in [1.165, 1.54) is 24.3 Å². The van der Waals surface area contributed by atoms with E-state index in [1.54, 1.807) is 41.5 Å². The molecule has 20 N–H and O–H groups in total. The average Bonchev–Trinajstić information content (AvgIpc) is 3.39. The summed E-state index contributed by atoms with van der Waals surface area (Å²) >= 11 is 0. The van der Waals surface area contributed by atoms with Gasteiger partial charge in [0, 0.05) is 25.7 Å². The Morgan fingerprint density at radius 3 is 1.27 bits per heavy atom. The minimum absolute atomic E-state index is 0.0251. The zero-order valence-electron chi connectivity index (χ0n) is 47.9. The summed E-state index contributed by atoms with van der Waals surface area (Å²) in [6.45, 7) is 13.7. The maximum atomic E-state index is 14.3. The SMILES string of the molecule is CCC(C)C(NC(=O)C(CCC(=O)O)NC(=O)C(CCC(=O)O)NC(=O)C(CCC(=O)O)NC(=O)C(Cc1ccc(O)cc1)NC(=O)C(N)CC(C)C)C(=O)NC(CCC[NH+]=C(N)N)C(=O)NC(C(=O)NC(CC(C)C)C(=O)O)C(C)C. The molecule has 29 heteroatoms. The van der Waals surface area contributed by atoms with Crippen molar-refractivity contribution >= 4 is 77.1 Å². The van der Waals surface area contributed by atoms with Gasteiger partial charge in [-0.1, -0.05) is 73.9 Å². The molecule has 0 spiro atoms. The van der Waals surface area contributed by atoms with Crippen LogP contribution in [0.4, 0.5) is 0 Å². The monoisotopic (exact) mass is 1160 g/mol. The van der Waals surface area contributed by atoms with Crippen LogP contribution in [0.1, 0.15) is 132 Å². The van der Waals surface area contributed by atoms with Crippen LogP contribution in [-0.4, -0.2) is 164 Å². The molecule has 10 unspecified atom stereocenters. The molecule has 0 aromatic heterocycles. The molecule has 8 amide bonds. The molecule has 10 atom stereocenters. The number of carbonyl (C=O) groups excluding carboxylic acids is 8. The van der Waals surface area contributed by atoms with E-state index in [2.05, 4.69) is 47.5 Å². The second-order valence-corrected chi connectivity index (χ2v) is 21.4. The van der Waals surface area contributed by atoms with Gasteiger partial charge in [-0.2, -0.15) is 0 Å². The van der Waals surface area contributed by atoms with Crippen LogP contribution < -0.4 is 64.7 Å². The Labute approximate surface area is 476 Å². The van der Waals surface area contributed by atoms with Gasteiger partial charge < -0.3 is 73.8 Å². The Balaban J connectivity index is 3.68. The lowest BCUT2D eigenvalue weighted by molar-refractivity contribution is -0.459. The first kappa shape index (κ1) is 71.9. The normalized spacial score (nSPS) is 14.8. The molecule has 0 aliphatic carbocycles. The highest BCUT2D eigenvalue weighted by Crippen LogP contribution is 2.16. The third-order valence-electron chi connectivity index (χ3n) is 12.9. The van der Waals surface area contributed by atoms with E-state index in [0.717, 1.165) is 0 Å². The van der Waals surface area contributed by atoms with Gasteiger partial charge in [-0.15, -0.1) is 0 Å². The highest BCUT2D eigenvalue weighted by molar-refractivity contribution is 5.98. The first-order valence-corrected chi connectivity index (χ1v) is 27.2. The van der Waals surface area contributed by atoms with Gasteiger partial charge in [0.2, 0.25) is 47.3 Å². The highest BCUT2D eigenvalue weighted by Gasteiger charge is 2.37. The van der Waals surface area contributed by atoms with E-state index in [-0.39, 0.29) is 68.6 Å². The molecule has 0 fully saturated rings. The molecule has 82 heavy (non-hydrogen) atoms. The lowest BCUT2D eigenvalue weighted by atomic mass is 9.96. The zero-order chi connectivity index (χ0) is 62.6. The molecule has 1 aromatic rings. The Hall–Kier alpha value is -8.11. The van der Waals surface area contributed by atoms with Crippen LogP contribution in [0.2, 0.25) is 0 Å². The largest absolute Gasteiger partial charge is 0.508 e. The van der Waals surface area contributed by atoms with E-state index in [4.69, 9.17) is 17.2 Å². The Bertz CT molecular complexity index is 2380. The lowest BCUT2D eigenvalue weighted by Gasteiger charge is -2.30. The summed E-state index contributed by atoms with van der Waals surface area (Å²) in [6, 6.07) is -7.86. The van der Waals surface area contributed by atoms with E-state index >= 15 is 0 Å². The fourth-order valence-electron chi connectivity index (χ4n) is 8.17. The number of hydrogen-bond acceptors (Lipinski definition) is 14. The van der Waals surface area contributed by atoms with Gasteiger partial charge in [0.25, 0.3) is 0 Å². The van der Waals surface area contributed by atoms with E-state index in [9.17, 15) is 83.1 Å². The fraction of sp³-hybridized carbons (Fsp3) is 0.642. The van der Waals surface area contributed by atoms with Gasteiger partial charge in [-0.25, -0.2) is 4.79 Å². The van der Waals surface area contributed by atoms with Crippen molar-refractivity contribution < 1.29 is 88.1 Å². The van der Waals surface area contributed by atoms with Crippen molar-refractivity contribution in [3.63, 3.8) is 0 Å². The molecule has 0 bridgehead atoms. The summed E-state index contributed by atoms with van der Waals surface area (Å²) < 4.78 is 0. The minimum atomic E-state index is -1.86. The van der Waals surface area contributed by atoms with Gasteiger partial charge in [0.05, 0.1) is 12.6 Å². The number of nitrogens with two attached hydrogens (primary N) is 3. The minimum Gasteiger partial charge on any atom is -0.508 e. The second kappa shape index (κ2) is 36.3. The van der Waals surface area contributed by atoms with Crippen LogP contribution in [-0.2, 0) is 64.0 Å². The Morgan fingerprint density at radius 2 is 0.866 bits per heavy atom. The van der Waals surface area contributed by atoms with Crippen molar-refractivity contribution in [1.29, 1.82) is 0 Å². The number of guanidine groups is 1. The number of aromatic hydroxyl groups is 1. The Morgan fingerprint density at radius 1 is 0.488 bits per heavy atom. The third kappa shape index (κ3) is 27.9. The quantitative estimate of drug-likeness (QED) is 0.0175. The number of rotatable bonds is 39. The van der Waals surface area contributed by atoms with Crippen molar-refractivity contribution in [2.45, 2.75) is 187 Å². The van der Waals surface area contributed by atoms with Crippen molar-refractivity contribution in [1.82, 2.24) is 42.5 Å². The van der Waals surface area contributed by atoms with Gasteiger partial charge in [0.1, 0.15) is 54.1 Å². The van der Waals surface area contributed by atoms with Gasteiger partial charge in [-0.05, 0) is 86.3 Å². The number of phenols is 1. The van der Waals surface area contributed by atoms with Crippen LogP contribution in [0.25, 0.3) is 0 Å². The standard InChI is InChI=1S/C53H86N12O17/c1-9-29(8)43(51(80)61-33(11-10-22-57-53(55)56)47(76)64-42(28(6)7)50(79)63-38(52(81)82)24-27(4)5)65-48(77)36(18-21-41(71)72)59-45(74)34(16-19-39(67)68)58-46(75)35(17-20-40(69)70)60-49(78)37(25-30-12-14-31(66)15-13-30)62-44(73)32(54)23-26(2)3/h12-15,26-29,32-38,42-43,66H,9-11,16-25,54H2,1-8H3,(H,58,75)(H,59,74)(H,60,78)(H,61,80)(H,62,73)(H,63,79)(H,64,76)(H,65,77)(H,67,68)(H,69,70)(H,71,72)(H,81,82)(H4,55,56,57)/p+1. The number of benzene rings is 1. The topological polar surface area (TPSA) is 494 Å². The number of carbonyl (C=O) groups is 12. The van der Waals surface area contributed by atoms with Crippen LogP contribution in [0.3, 0.4) is 0 Å². The summed E-state index contributed by atoms with van der Waals surface area (Å²) in [6.07, 6.45) is -3.82. The predicted molar refractivity (Wildman–Crippen MR) is 295 cm³/mol. The molecule has 1 aromatic carbocycles. The molecule has 0 aliphatic rings. The lowest BCUT2D eigenvalue weighted by Crippen LogP contribution is -2.78. The van der Waals surface area contributed by atoms with Crippen LogP contribution in [0.15, 0.2) is 24.3 Å². The number of phenolic OH excluding ortho intramolecular Hbond substituents is 1.